The molecule has 0 spiro atoms. The molecule has 137 heavy (non-hydrogen) atoms. The molecule has 728 valence electrons. The molecule has 9 aromatic carbocycles. The molecule has 24 nitrogen and oxygen atoms in total. The third-order valence-corrected chi connectivity index (χ3v) is 27.8. The maximum atomic E-state index is 12.6. The van der Waals surface area contributed by atoms with E-state index in [4.69, 9.17) is 166 Å². The number of isothiocyanates is 1. The molecule has 3 heterocycles. The molecule has 3 aromatic heterocycles. The quantitative estimate of drug-likeness (QED) is 0.00892. The molecule has 12 aromatic rings. The third kappa shape index (κ3) is 31.7. The van der Waals surface area contributed by atoms with Gasteiger partial charge in [-0.05, 0) is 333 Å². The molecule has 5 saturated carbocycles. The minimum atomic E-state index is -1.08. The number of halogens is 12. The summed E-state index contributed by atoms with van der Waals surface area (Å²) in [6.45, 7) is 11.9. The first-order valence-electron chi connectivity index (χ1n) is 41.1. The van der Waals surface area contributed by atoms with Crippen LogP contribution in [0.4, 0.5) is 34.6 Å². The number of carbonyl (C=O) groups is 6. The van der Waals surface area contributed by atoms with E-state index in [1.54, 1.807) is 31.9 Å². The van der Waals surface area contributed by atoms with Gasteiger partial charge in [-0.15, -0.1) is 37.1 Å². The highest BCUT2D eigenvalue weighted by Gasteiger charge is 2.32. The number of Topliss-reactive ketones (excluding diaryl/α,β-unsaturated/α-hetero) is 2. The fourth-order valence-electron chi connectivity index (χ4n) is 13.9. The van der Waals surface area contributed by atoms with E-state index in [0.29, 0.717) is 102 Å². The van der Waals surface area contributed by atoms with Gasteiger partial charge in [-0.3, -0.25) is 28.1 Å². The van der Waals surface area contributed by atoms with Crippen molar-refractivity contribution in [2.45, 2.75) is 188 Å². The summed E-state index contributed by atoms with van der Waals surface area (Å²) < 4.78 is 7.07. The molecule has 5 fully saturated rings. The number of aliphatic imine (C=N–C) groups is 1. The van der Waals surface area contributed by atoms with Crippen molar-refractivity contribution in [1.82, 2.24) is 44.3 Å². The molecule has 0 unspecified atom stereocenters. The number of aromatic carboxylic acids is 3. The van der Waals surface area contributed by atoms with E-state index in [2.05, 4.69) is 120 Å². The monoisotopic (exact) mass is 2260 g/mol. The number of benzene rings is 9. The zero-order valence-corrected chi connectivity index (χ0v) is 85.9. The Morgan fingerprint density at radius 2 is 0.810 bits per heavy atom. The second kappa shape index (κ2) is 52.2. The number of hydrogen-bond acceptors (Lipinski definition) is 20. The summed E-state index contributed by atoms with van der Waals surface area (Å²) in [6, 6.07) is 37.1. The Balaban J connectivity index is 0.000000226. The number of H-pyrrole nitrogens is 1. The lowest BCUT2D eigenvalue weighted by Gasteiger charge is -2.14. The fourth-order valence-corrected chi connectivity index (χ4v) is 19.8. The van der Waals surface area contributed by atoms with Gasteiger partial charge in [0.05, 0.1) is 108 Å². The van der Waals surface area contributed by atoms with Crippen molar-refractivity contribution in [2.24, 2.45) is 4.99 Å². The van der Waals surface area contributed by atoms with Crippen molar-refractivity contribution in [1.29, 1.82) is 0 Å². The summed E-state index contributed by atoms with van der Waals surface area (Å²) in [5, 5.41) is 60.0. The van der Waals surface area contributed by atoms with Gasteiger partial charge < -0.3 is 43.6 Å². The lowest BCUT2D eigenvalue weighted by molar-refractivity contribution is -0.116. The number of carboxylic acids is 3. The zero-order chi connectivity index (χ0) is 96.8. The summed E-state index contributed by atoms with van der Waals surface area (Å²) in [5.74, 6) is 0.118. The van der Waals surface area contributed by atoms with Crippen LogP contribution in [0.5, 0.6) is 0 Å². The summed E-state index contributed by atoms with van der Waals surface area (Å²) in [5.41, 5.74) is 42.1. The van der Waals surface area contributed by atoms with Crippen LogP contribution in [0.25, 0.3) is 17.1 Å². The Hall–Kier alpha value is -8.60. The van der Waals surface area contributed by atoms with E-state index in [0.717, 1.165) is 72.4 Å². The number of thioether (sulfide) groups is 2. The van der Waals surface area contributed by atoms with E-state index >= 15 is 0 Å². The van der Waals surface area contributed by atoms with Crippen LogP contribution in [0.2, 0.25) is 45.2 Å². The van der Waals surface area contributed by atoms with Crippen LogP contribution in [0, 0.1) is 46.3 Å². The molecule has 5 aliphatic carbocycles. The van der Waals surface area contributed by atoms with E-state index in [9.17, 15) is 28.8 Å². The second-order valence-corrected chi connectivity index (χ2v) is 40.0. The highest BCUT2D eigenvalue weighted by atomic mass is 79.9. The first-order valence-corrected chi connectivity index (χ1v) is 49.4. The number of anilines is 5. The van der Waals surface area contributed by atoms with Crippen LogP contribution in [-0.2, 0) is 27.2 Å². The molecule has 0 bridgehead atoms. The van der Waals surface area contributed by atoms with E-state index in [1.165, 1.54) is 158 Å². The number of nitrogens with two attached hydrogens (primary N) is 4. The maximum Gasteiger partial charge on any atom is 0.335 e. The summed E-state index contributed by atoms with van der Waals surface area (Å²) in [7, 11) is 0. The van der Waals surface area contributed by atoms with Crippen LogP contribution < -0.4 is 28.3 Å². The number of aryl methyl sites for hydroxylation is 6. The summed E-state index contributed by atoms with van der Waals surface area (Å²) >= 11 is 79.7. The normalized spacial score (nSPS) is 13.0. The minimum absolute atomic E-state index is 0. The van der Waals surface area contributed by atoms with Gasteiger partial charge in [0.15, 0.2) is 10.3 Å². The van der Waals surface area contributed by atoms with Crippen LogP contribution in [0.15, 0.2) is 152 Å². The summed E-state index contributed by atoms with van der Waals surface area (Å²) in [6.07, 6.45) is 12.6. The molecule has 0 aliphatic heterocycles. The molecule has 1 amide bonds. The van der Waals surface area contributed by atoms with Crippen LogP contribution in [0.1, 0.15) is 227 Å². The van der Waals surface area contributed by atoms with Gasteiger partial charge in [-0.1, -0.05) is 216 Å². The van der Waals surface area contributed by atoms with Crippen molar-refractivity contribution in [2.75, 3.05) is 45.6 Å². The number of nitrogens with zero attached hydrogens (tertiary/aromatic N) is 9. The van der Waals surface area contributed by atoms with E-state index in [1.807, 2.05) is 77.9 Å². The Bertz CT molecular complexity index is 6270. The van der Waals surface area contributed by atoms with Crippen LogP contribution in [0.3, 0.4) is 0 Å². The average Bonchev–Trinajstić information content (AvgIpc) is 1.59. The molecular weight excluding hydrogens is 2160 g/mol. The van der Waals surface area contributed by atoms with E-state index < -0.39 is 23.8 Å². The van der Waals surface area contributed by atoms with Crippen molar-refractivity contribution in [3.63, 3.8) is 0 Å². The van der Waals surface area contributed by atoms with Gasteiger partial charge in [-0.25, -0.2) is 19.5 Å². The van der Waals surface area contributed by atoms with Gasteiger partial charge in [0.2, 0.25) is 27.3 Å². The SMILES string of the molecule is C.C.C.C.Cc1cc(Br)cc(Cl)c1N.Cc1cc(C2CC2)cc(Cl)c1-n1c(Br)nnc1SCC(=O)Cc1ccc(C(=O)O)cc1Cl.Cc1cc(C2CC2)cc(Cl)c1-n1c(N)n[nH]c1=S.Cc1cc(C2CC2)cc(Cl)c1-n1c(N)nnc1SCC(=O)Cc1ccc(C(=O)O)cc1Cl.Cc1cc(C2CC2)cc(Cl)c1N.Cc1cc(C2CC2)cc(Cl)c1N=C=S.O=C(CCl)Nc1ccc(C(=O)O)cc1Cl. The van der Waals surface area contributed by atoms with Gasteiger partial charge >= 0.3 is 17.9 Å². The van der Waals surface area contributed by atoms with Crippen molar-refractivity contribution < 1.29 is 44.1 Å². The standard InChI is InChI=1S/C22H18BrCl2N3O3S.C22H20Cl2N4O3S.C12H13ClN4S.C11H10ClNS.C10H12ClN.C9H7Cl2NO3.C7H7BrClN.4CH4/c1-11-6-15(12-2-3-12)9-18(25)19(11)28-21(23)26-27-22(28)32-10-16(29)7-13-4-5-14(20(30)31)8-17(13)24;1-11-6-15(12-2-3-12)9-18(24)19(11)28-21(25)26-27-22(28)32-10-16(29)7-13-4-5-14(20(30)31)8-17(13)23;1-6-4-8(7-2-3-7)5-9(13)10(6)17-11(14)15-16-12(17)18;1-7-4-9(8-2-3-8)5-10(12)11(7)13-6-14;1-6-4-8(7-2-3-7)5-9(11)10(6)12;10-4-8(13)12-7-2-1-5(9(14)15)3-6(7)11;1-4-2-5(8)3-6(9)7(4)10;;;;/h4-6,8-9,12H,2-3,7,10H2,1H3,(H,30,31);4-6,8-9,12H,2-3,7,10H2,1H3,(H2,25,26)(H,30,31);4-5,7H,2-3H2,1H3,(H2,14,15)(H,16,18);4-5,8H,2-3H2,1H3;4-5,7H,2-3,12H2,1H3;1-3H,4H2,(H,12,13)(H,14,15);2-3H,10H2,1H3;4*1H4. The van der Waals surface area contributed by atoms with Crippen molar-refractivity contribution in [3.05, 3.63) is 276 Å². The molecule has 40 heteroatoms. The third-order valence-electron chi connectivity index (χ3n) is 21.5. The predicted molar refractivity (Wildman–Crippen MR) is 577 cm³/mol. The molecule has 13 N–H and O–H groups in total. The molecule has 0 atom stereocenters. The summed E-state index contributed by atoms with van der Waals surface area (Å²) in [4.78, 5) is 72.7. The molecule has 0 radical (unpaired) electrons. The highest BCUT2D eigenvalue weighted by molar-refractivity contribution is 9.10. The van der Waals surface area contributed by atoms with Crippen LogP contribution >= 0.6 is 196 Å². The molecule has 0 saturated heterocycles. The van der Waals surface area contributed by atoms with Gasteiger partial charge in [-0.2, -0.15) is 4.99 Å². The second-order valence-electron chi connectivity index (χ2n) is 32.0. The number of hydrogen-bond donors (Lipinski definition) is 9. The number of nitrogens with one attached hydrogen (secondary N) is 2. The number of alkyl halides is 1. The van der Waals surface area contributed by atoms with E-state index in [-0.39, 0.29) is 109 Å². The Morgan fingerprint density at radius 3 is 1.17 bits per heavy atom. The smallest absolute Gasteiger partial charge is 0.335 e. The Morgan fingerprint density at radius 1 is 0.453 bits per heavy atom. The highest BCUT2D eigenvalue weighted by Crippen LogP contribution is 2.48. The zero-order valence-electron chi connectivity index (χ0n) is 71.9. The number of rotatable bonds is 24. The number of nitrogen functional groups attached to an aromatic ring is 4. The largest absolute Gasteiger partial charge is 0.478 e. The average molecular weight is 2270 g/mol. The lowest BCUT2D eigenvalue weighted by Crippen LogP contribution is -2.13. The van der Waals surface area contributed by atoms with Gasteiger partial charge in [0, 0.05) is 27.4 Å². The number of carbonyl (C=O) groups excluding carboxylic acids is 3. The predicted octanol–water partition coefficient (Wildman–Crippen LogP) is 29.5. The number of aromatic nitrogens is 9. The number of thiocarbonyl (C=S) groups is 1. The van der Waals surface area contributed by atoms with Crippen LogP contribution in [-0.4, -0.2) is 118 Å². The first kappa shape index (κ1) is 115. The number of carboxylic acid groups (broad SMARTS) is 3. The fraction of sp³-hybridized carbons (Fsp3) is 0.309. The topological polar surface area (TPSA) is 387 Å². The minimum Gasteiger partial charge on any atom is -0.478 e. The van der Waals surface area contributed by atoms with Crippen molar-refractivity contribution in [3.8, 4) is 17.1 Å². The number of ketones is 2. The molecule has 17 rings (SSSR count). The Kier molecular flexibility index (Phi) is 44.0. The first-order chi connectivity index (χ1) is 63.1. The number of aromatic amines is 1. The molecular formula is C97H103Br2Cl10N15O9S4. The molecule has 5 aliphatic rings. The number of amides is 1. The van der Waals surface area contributed by atoms with Gasteiger partial charge in [0.25, 0.3) is 0 Å². The maximum absolute atomic E-state index is 12.6. The lowest BCUT2D eigenvalue weighted by atomic mass is 10.1. The Labute approximate surface area is 882 Å². The van der Waals surface area contributed by atoms with Crippen molar-refractivity contribution >= 4 is 271 Å². The van der Waals surface area contributed by atoms with Gasteiger partial charge in [0.1, 0.15) is 17.4 Å².